The average Bonchev–Trinajstić information content (AvgIpc) is 3.33. The Bertz CT molecular complexity index is 1280. The summed E-state index contributed by atoms with van der Waals surface area (Å²) in [4.78, 5) is 31.6. The van der Waals surface area contributed by atoms with Crippen molar-refractivity contribution in [3.05, 3.63) is 83.9 Å². The van der Waals surface area contributed by atoms with Crippen molar-refractivity contribution in [2.45, 2.75) is 18.8 Å². The fraction of sp³-hybridized carbons (Fsp3) is 0.222. The van der Waals surface area contributed by atoms with Gasteiger partial charge in [0.1, 0.15) is 5.75 Å². The molecule has 0 radical (unpaired) electrons. The Morgan fingerprint density at radius 1 is 0.914 bits per heavy atom. The number of carbonyl (C=O) groups excluding carboxylic acids is 2. The number of amides is 3. The van der Waals surface area contributed by atoms with E-state index in [0.29, 0.717) is 36.1 Å². The number of rotatable bonds is 6. The first-order chi connectivity index (χ1) is 17.1. The summed E-state index contributed by atoms with van der Waals surface area (Å²) in [5.41, 5.74) is 2.39. The highest BCUT2D eigenvalue weighted by Crippen LogP contribution is 2.34. The Morgan fingerprint density at radius 2 is 1.66 bits per heavy atom. The molecule has 1 aliphatic heterocycles. The van der Waals surface area contributed by atoms with E-state index in [1.807, 2.05) is 59.5 Å². The summed E-state index contributed by atoms with van der Waals surface area (Å²) >= 11 is 1.75. The summed E-state index contributed by atoms with van der Waals surface area (Å²) in [5.74, 6) is 0.650. The van der Waals surface area contributed by atoms with Crippen LogP contribution in [0.5, 0.6) is 5.75 Å². The van der Waals surface area contributed by atoms with Crippen LogP contribution in [-0.2, 0) is 4.79 Å². The summed E-state index contributed by atoms with van der Waals surface area (Å²) in [6.07, 6.45) is 1.79. The van der Waals surface area contributed by atoms with Gasteiger partial charge in [-0.05, 0) is 49.2 Å². The quantitative estimate of drug-likeness (QED) is 0.365. The fourth-order valence-electron chi connectivity index (χ4n) is 4.13. The van der Waals surface area contributed by atoms with Crippen LogP contribution in [0.15, 0.2) is 78.9 Å². The molecule has 0 bridgehead atoms. The molecule has 1 saturated heterocycles. The van der Waals surface area contributed by atoms with Gasteiger partial charge in [0.25, 0.3) is 5.91 Å². The lowest BCUT2D eigenvalue weighted by Gasteiger charge is -2.31. The van der Waals surface area contributed by atoms with E-state index in [2.05, 4.69) is 16.7 Å². The van der Waals surface area contributed by atoms with Gasteiger partial charge in [0, 0.05) is 36.4 Å². The molecular weight excluding hydrogens is 460 g/mol. The molecule has 0 saturated carbocycles. The minimum absolute atomic E-state index is 0.119. The van der Waals surface area contributed by atoms with Crippen LogP contribution in [-0.4, -0.2) is 41.5 Å². The maximum atomic E-state index is 12.8. The zero-order valence-corrected chi connectivity index (χ0v) is 20.0. The molecule has 3 amide bonds. The van der Waals surface area contributed by atoms with E-state index in [-0.39, 0.29) is 18.5 Å². The van der Waals surface area contributed by atoms with Crippen molar-refractivity contribution in [2.24, 2.45) is 0 Å². The molecule has 2 N–H and O–H groups in total. The third kappa shape index (κ3) is 5.78. The lowest BCUT2D eigenvalue weighted by atomic mass is 9.98. The third-order valence-electron chi connectivity index (χ3n) is 5.95. The summed E-state index contributed by atoms with van der Waals surface area (Å²) in [6.45, 7) is 1.25. The Labute approximate surface area is 207 Å². The molecule has 1 aliphatic rings. The highest BCUT2D eigenvalue weighted by Gasteiger charge is 2.26. The van der Waals surface area contributed by atoms with E-state index in [4.69, 9.17) is 9.72 Å². The highest BCUT2D eigenvalue weighted by molar-refractivity contribution is 7.18. The lowest BCUT2D eigenvalue weighted by molar-refractivity contribution is -0.118. The van der Waals surface area contributed by atoms with Crippen LogP contribution >= 0.6 is 11.3 Å². The average molecular weight is 487 g/mol. The van der Waals surface area contributed by atoms with Gasteiger partial charge in [-0.3, -0.25) is 4.79 Å². The molecule has 0 aliphatic carbocycles. The molecular formula is C27H26N4O3S. The number of aromatic nitrogens is 1. The van der Waals surface area contributed by atoms with Crippen LogP contribution in [0.4, 0.5) is 16.2 Å². The minimum atomic E-state index is -0.248. The Morgan fingerprint density at radius 3 is 2.46 bits per heavy atom. The van der Waals surface area contributed by atoms with Crippen molar-refractivity contribution in [1.29, 1.82) is 0 Å². The molecule has 1 fully saturated rings. The van der Waals surface area contributed by atoms with Gasteiger partial charge in [-0.1, -0.05) is 36.4 Å². The number of nitrogens with one attached hydrogen (secondary N) is 2. The number of hydrogen-bond donors (Lipinski definition) is 2. The van der Waals surface area contributed by atoms with Gasteiger partial charge in [0.05, 0.1) is 15.2 Å². The molecule has 178 valence electrons. The molecule has 7 nitrogen and oxygen atoms in total. The zero-order chi connectivity index (χ0) is 24.0. The van der Waals surface area contributed by atoms with Crippen molar-refractivity contribution in [3.63, 3.8) is 0 Å². The molecule has 4 aromatic rings. The number of hydrogen-bond acceptors (Lipinski definition) is 5. The maximum Gasteiger partial charge on any atom is 0.321 e. The number of carbonyl (C=O) groups is 2. The van der Waals surface area contributed by atoms with E-state index in [1.165, 1.54) is 4.70 Å². The van der Waals surface area contributed by atoms with E-state index < -0.39 is 0 Å². The lowest BCUT2D eigenvalue weighted by Crippen LogP contribution is -2.40. The first-order valence-electron chi connectivity index (χ1n) is 11.6. The number of thiazole rings is 1. The number of anilines is 2. The second kappa shape index (κ2) is 10.6. The topological polar surface area (TPSA) is 83.6 Å². The Balaban J connectivity index is 1.11. The zero-order valence-electron chi connectivity index (χ0n) is 19.1. The van der Waals surface area contributed by atoms with Crippen molar-refractivity contribution in [2.75, 3.05) is 30.3 Å². The van der Waals surface area contributed by atoms with E-state index in [9.17, 15) is 9.59 Å². The highest BCUT2D eigenvalue weighted by atomic mass is 32.1. The molecule has 0 atom stereocenters. The number of benzene rings is 3. The maximum absolute atomic E-state index is 12.8. The normalized spacial score (nSPS) is 14.0. The van der Waals surface area contributed by atoms with Gasteiger partial charge >= 0.3 is 6.03 Å². The van der Waals surface area contributed by atoms with Crippen LogP contribution in [0.3, 0.4) is 0 Å². The molecule has 2 heterocycles. The van der Waals surface area contributed by atoms with Crippen molar-refractivity contribution >= 4 is 44.9 Å². The van der Waals surface area contributed by atoms with Gasteiger partial charge in [-0.25, -0.2) is 9.78 Å². The van der Waals surface area contributed by atoms with Crippen LogP contribution in [0.1, 0.15) is 23.8 Å². The van der Waals surface area contributed by atoms with Crippen LogP contribution < -0.4 is 15.4 Å². The standard InChI is InChI=1S/C27H26N4O3S/c32-25(28-20-7-2-1-3-8-20)18-34-22-10-6-9-21(17-22)29-27(33)31-15-13-19(14-16-31)26-30-23-11-4-5-12-24(23)35-26/h1-12,17,19H,13-16,18H2,(H,28,32)(H,29,33). The van der Waals surface area contributed by atoms with Crippen LogP contribution in [0.25, 0.3) is 10.2 Å². The Kier molecular flexibility index (Phi) is 6.90. The number of urea groups is 1. The number of nitrogens with zero attached hydrogens (tertiary/aromatic N) is 2. The number of ether oxygens (including phenoxy) is 1. The second-order valence-corrected chi connectivity index (χ2v) is 9.50. The molecule has 0 unspecified atom stereocenters. The number of likely N-dealkylation sites (tertiary alicyclic amines) is 1. The van der Waals surface area contributed by atoms with E-state index in [1.54, 1.807) is 29.5 Å². The predicted molar refractivity (Wildman–Crippen MR) is 139 cm³/mol. The number of piperidine rings is 1. The van der Waals surface area contributed by atoms with Crippen molar-refractivity contribution < 1.29 is 14.3 Å². The van der Waals surface area contributed by atoms with Gasteiger partial charge in [0.15, 0.2) is 6.61 Å². The van der Waals surface area contributed by atoms with Gasteiger partial charge in [-0.15, -0.1) is 11.3 Å². The third-order valence-corrected chi connectivity index (χ3v) is 7.15. The first kappa shape index (κ1) is 22.9. The molecule has 1 aromatic heterocycles. The second-order valence-electron chi connectivity index (χ2n) is 8.44. The summed E-state index contributed by atoms with van der Waals surface area (Å²) in [5, 5.41) is 6.89. The smallest absolute Gasteiger partial charge is 0.321 e. The largest absolute Gasteiger partial charge is 0.484 e. The molecule has 8 heteroatoms. The van der Waals surface area contributed by atoms with Crippen LogP contribution in [0.2, 0.25) is 0 Å². The van der Waals surface area contributed by atoms with E-state index in [0.717, 1.165) is 23.4 Å². The summed E-state index contributed by atoms with van der Waals surface area (Å²) in [7, 11) is 0. The first-order valence-corrected chi connectivity index (χ1v) is 12.4. The van der Waals surface area contributed by atoms with E-state index >= 15 is 0 Å². The van der Waals surface area contributed by atoms with Gasteiger partial charge in [0.2, 0.25) is 0 Å². The SMILES string of the molecule is O=C(COc1cccc(NC(=O)N2CCC(c3nc4ccccc4s3)CC2)c1)Nc1ccccc1. The summed E-state index contributed by atoms with van der Waals surface area (Å²) < 4.78 is 6.82. The minimum Gasteiger partial charge on any atom is -0.484 e. The monoisotopic (exact) mass is 486 g/mol. The molecule has 3 aromatic carbocycles. The Hall–Kier alpha value is -3.91. The number of fused-ring (bicyclic) bond motifs is 1. The molecule has 0 spiro atoms. The molecule has 5 rings (SSSR count). The van der Waals surface area contributed by atoms with Gasteiger partial charge < -0.3 is 20.3 Å². The van der Waals surface area contributed by atoms with Crippen molar-refractivity contribution in [3.8, 4) is 5.75 Å². The number of para-hydroxylation sites is 2. The molecule has 35 heavy (non-hydrogen) atoms. The fourth-order valence-corrected chi connectivity index (χ4v) is 5.26. The summed E-state index contributed by atoms with van der Waals surface area (Å²) in [6, 6.07) is 24.4. The van der Waals surface area contributed by atoms with Gasteiger partial charge in [-0.2, -0.15) is 0 Å². The predicted octanol–water partition coefficient (Wildman–Crippen LogP) is 5.73. The van der Waals surface area contributed by atoms with Crippen molar-refractivity contribution in [1.82, 2.24) is 9.88 Å². The van der Waals surface area contributed by atoms with Crippen LogP contribution in [0, 0.1) is 0 Å².